The van der Waals surface area contributed by atoms with Crippen LogP contribution in [0.5, 0.6) is 0 Å². The van der Waals surface area contributed by atoms with E-state index >= 15 is 0 Å². The first kappa shape index (κ1) is 14.1. The molecule has 1 fully saturated rings. The van der Waals surface area contributed by atoms with E-state index < -0.39 is 0 Å². The van der Waals surface area contributed by atoms with E-state index in [2.05, 4.69) is 38.1 Å². The minimum absolute atomic E-state index is 0.186. The van der Waals surface area contributed by atoms with Crippen molar-refractivity contribution >= 4 is 5.91 Å². The maximum absolute atomic E-state index is 12.1. The highest BCUT2D eigenvalue weighted by Gasteiger charge is 2.20. The van der Waals surface area contributed by atoms with Crippen molar-refractivity contribution in [2.24, 2.45) is 5.73 Å². The number of rotatable bonds is 4. The number of nitrogens with zero attached hydrogens (tertiary/aromatic N) is 1. The van der Waals surface area contributed by atoms with Crippen LogP contribution in [0, 0.1) is 0 Å². The van der Waals surface area contributed by atoms with Gasteiger partial charge in [-0.15, -0.1) is 0 Å². The first-order chi connectivity index (χ1) is 9.08. The number of hydrogen-bond acceptors (Lipinski definition) is 2. The van der Waals surface area contributed by atoms with Gasteiger partial charge in [-0.2, -0.15) is 0 Å². The Morgan fingerprint density at radius 1 is 1.16 bits per heavy atom. The number of likely N-dealkylation sites (tertiary alicyclic amines) is 1. The molecule has 0 aromatic heterocycles. The zero-order chi connectivity index (χ0) is 13.8. The highest BCUT2D eigenvalue weighted by Crippen LogP contribution is 2.20. The van der Waals surface area contributed by atoms with Crippen LogP contribution in [-0.2, 0) is 4.79 Å². The van der Waals surface area contributed by atoms with Gasteiger partial charge in [-0.1, -0.05) is 38.1 Å². The van der Waals surface area contributed by atoms with Crippen molar-refractivity contribution in [2.75, 3.05) is 13.1 Å². The van der Waals surface area contributed by atoms with Crippen LogP contribution in [0.1, 0.15) is 56.2 Å². The van der Waals surface area contributed by atoms with Gasteiger partial charge in [0.2, 0.25) is 5.91 Å². The molecule has 1 aliphatic rings. The molecule has 19 heavy (non-hydrogen) atoms. The van der Waals surface area contributed by atoms with Crippen LogP contribution < -0.4 is 5.73 Å². The third-order valence-corrected chi connectivity index (χ3v) is 3.88. The van der Waals surface area contributed by atoms with Gasteiger partial charge in [0.15, 0.2) is 0 Å². The number of carbonyl (C=O) groups is 1. The summed E-state index contributed by atoms with van der Waals surface area (Å²) in [7, 11) is 0. The molecule has 2 rings (SSSR count). The molecule has 1 heterocycles. The van der Waals surface area contributed by atoms with E-state index in [0.717, 1.165) is 31.5 Å². The predicted octanol–water partition coefficient (Wildman–Crippen LogP) is 2.82. The minimum atomic E-state index is -0.186. The van der Waals surface area contributed by atoms with Crippen molar-refractivity contribution in [3.63, 3.8) is 0 Å². The second-order valence-electron chi connectivity index (χ2n) is 5.72. The Balaban J connectivity index is 1.95. The molecule has 1 amide bonds. The molecular formula is C16H24N2O. The highest BCUT2D eigenvalue weighted by atomic mass is 16.2. The topological polar surface area (TPSA) is 46.3 Å². The third kappa shape index (κ3) is 3.57. The fourth-order valence-electron chi connectivity index (χ4n) is 2.53. The zero-order valence-electron chi connectivity index (χ0n) is 11.9. The molecule has 1 saturated heterocycles. The zero-order valence-corrected chi connectivity index (χ0v) is 11.9. The van der Waals surface area contributed by atoms with Gasteiger partial charge in [0.1, 0.15) is 0 Å². The molecule has 1 aromatic rings. The number of amides is 1. The summed E-state index contributed by atoms with van der Waals surface area (Å²) in [4.78, 5) is 14.0. The van der Waals surface area contributed by atoms with Crippen molar-refractivity contribution < 1.29 is 4.79 Å². The smallest absolute Gasteiger partial charge is 0.224 e. The Kier molecular flexibility index (Phi) is 4.59. The molecule has 1 aromatic carbocycles. The fourth-order valence-corrected chi connectivity index (χ4v) is 2.53. The van der Waals surface area contributed by atoms with E-state index in [9.17, 15) is 4.79 Å². The van der Waals surface area contributed by atoms with Crippen LogP contribution in [0.25, 0.3) is 0 Å². The standard InChI is InChI=1S/C16H24N2O/c1-12(2)13-5-7-14(8-6-13)15(17)11-16(19)18-9-3-4-10-18/h5-8,12,15H,3-4,9-11,17H2,1-2H3. The van der Waals surface area contributed by atoms with Gasteiger partial charge in [0.05, 0.1) is 0 Å². The Morgan fingerprint density at radius 3 is 2.21 bits per heavy atom. The molecule has 0 saturated carbocycles. The van der Waals surface area contributed by atoms with E-state index in [1.54, 1.807) is 0 Å². The van der Waals surface area contributed by atoms with Crippen molar-refractivity contribution in [1.29, 1.82) is 0 Å². The molecular weight excluding hydrogens is 236 g/mol. The molecule has 1 atom stereocenters. The molecule has 104 valence electrons. The summed E-state index contributed by atoms with van der Waals surface area (Å²) in [5.41, 5.74) is 8.50. The van der Waals surface area contributed by atoms with Crippen LogP contribution in [0.4, 0.5) is 0 Å². The normalized spacial score (nSPS) is 16.9. The summed E-state index contributed by atoms with van der Waals surface area (Å²) in [5.74, 6) is 0.717. The van der Waals surface area contributed by atoms with E-state index in [1.807, 2.05) is 4.90 Å². The van der Waals surface area contributed by atoms with E-state index in [0.29, 0.717) is 12.3 Å². The Labute approximate surface area is 115 Å². The second-order valence-corrected chi connectivity index (χ2v) is 5.72. The summed E-state index contributed by atoms with van der Waals surface area (Å²) >= 11 is 0. The molecule has 0 bridgehead atoms. The van der Waals surface area contributed by atoms with Crippen molar-refractivity contribution in [1.82, 2.24) is 4.90 Å². The van der Waals surface area contributed by atoms with Gasteiger partial charge in [-0.25, -0.2) is 0 Å². The summed E-state index contributed by atoms with van der Waals surface area (Å²) < 4.78 is 0. The first-order valence-corrected chi connectivity index (χ1v) is 7.21. The lowest BCUT2D eigenvalue weighted by atomic mass is 9.98. The molecule has 0 aliphatic carbocycles. The Morgan fingerprint density at radius 2 is 1.68 bits per heavy atom. The molecule has 3 nitrogen and oxygen atoms in total. The average Bonchev–Trinajstić information content (AvgIpc) is 2.92. The quantitative estimate of drug-likeness (QED) is 0.905. The summed E-state index contributed by atoms with van der Waals surface area (Å²) in [6.07, 6.45) is 2.68. The van der Waals surface area contributed by atoms with E-state index in [-0.39, 0.29) is 11.9 Å². The summed E-state index contributed by atoms with van der Waals surface area (Å²) in [6, 6.07) is 8.14. The lowest BCUT2D eigenvalue weighted by Crippen LogP contribution is -2.30. The SMILES string of the molecule is CC(C)c1ccc(C(N)CC(=O)N2CCCC2)cc1. The lowest BCUT2D eigenvalue weighted by molar-refractivity contribution is -0.130. The van der Waals surface area contributed by atoms with Gasteiger partial charge in [-0.05, 0) is 29.9 Å². The minimum Gasteiger partial charge on any atom is -0.343 e. The van der Waals surface area contributed by atoms with Crippen LogP contribution in [0.15, 0.2) is 24.3 Å². The molecule has 2 N–H and O–H groups in total. The first-order valence-electron chi connectivity index (χ1n) is 7.21. The van der Waals surface area contributed by atoms with Crippen molar-refractivity contribution in [3.8, 4) is 0 Å². The van der Waals surface area contributed by atoms with Gasteiger partial charge >= 0.3 is 0 Å². The largest absolute Gasteiger partial charge is 0.343 e. The molecule has 3 heteroatoms. The molecule has 0 radical (unpaired) electrons. The lowest BCUT2D eigenvalue weighted by Gasteiger charge is -2.19. The van der Waals surface area contributed by atoms with E-state index in [1.165, 1.54) is 5.56 Å². The average molecular weight is 260 g/mol. The summed E-state index contributed by atoms with van der Waals surface area (Å²) in [5, 5.41) is 0. The van der Waals surface area contributed by atoms with Gasteiger partial charge in [-0.3, -0.25) is 4.79 Å². The number of nitrogens with two attached hydrogens (primary N) is 1. The molecule has 0 spiro atoms. The van der Waals surface area contributed by atoms with Crippen molar-refractivity contribution in [3.05, 3.63) is 35.4 Å². The van der Waals surface area contributed by atoms with Crippen LogP contribution in [0.3, 0.4) is 0 Å². The van der Waals surface area contributed by atoms with Crippen LogP contribution in [-0.4, -0.2) is 23.9 Å². The maximum atomic E-state index is 12.1. The fraction of sp³-hybridized carbons (Fsp3) is 0.562. The van der Waals surface area contributed by atoms with Gasteiger partial charge in [0.25, 0.3) is 0 Å². The van der Waals surface area contributed by atoms with Crippen molar-refractivity contribution in [2.45, 2.75) is 45.1 Å². The number of benzene rings is 1. The third-order valence-electron chi connectivity index (χ3n) is 3.88. The van der Waals surface area contributed by atoms with E-state index in [4.69, 9.17) is 5.73 Å². The second kappa shape index (κ2) is 6.20. The number of carbonyl (C=O) groups excluding carboxylic acids is 1. The number of hydrogen-bond donors (Lipinski definition) is 1. The van der Waals surface area contributed by atoms with Crippen LogP contribution in [0.2, 0.25) is 0 Å². The monoisotopic (exact) mass is 260 g/mol. The van der Waals surface area contributed by atoms with Crippen LogP contribution >= 0.6 is 0 Å². The Hall–Kier alpha value is -1.35. The van der Waals surface area contributed by atoms with Gasteiger partial charge < -0.3 is 10.6 Å². The highest BCUT2D eigenvalue weighted by molar-refractivity contribution is 5.77. The Bertz CT molecular complexity index is 419. The van der Waals surface area contributed by atoms with Gasteiger partial charge in [0, 0.05) is 25.6 Å². The molecule has 1 unspecified atom stereocenters. The molecule has 1 aliphatic heterocycles. The predicted molar refractivity (Wildman–Crippen MR) is 77.9 cm³/mol. The summed E-state index contributed by atoms with van der Waals surface area (Å²) in [6.45, 7) is 6.15. The maximum Gasteiger partial charge on any atom is 0.224 e.